The number of hydrogen-bond donors (Lipinski definition) is 6. The third-order valence-electron chi connectivity index (χ3n) is 14.5. The predicted octanol–water partition coefficient (Wildman–Crippen LogP) is 5.97. The highest BCUT2D eigenvalue weighted by Crippen LogP contribution is 2.66. The molecule has 13 nitrogen and oxygen atoms in total. The number of carbonyl (C=O) groups is 5. The van der Waals surface area contributed by atoms with E-state index in [4.69, 9.17) is 26.5 Å². The summed E-state index contributed by atoms with van der Waals surface area (Å²) in [4.78, 5) is 68.4. The van der Waals surface area contributed by atoms with Gasteiger partial charge >= 0.3 is 7.12 Å². The van der Waals surface area contributed by atoms with Gasteiger partial charge in [-0.25, -0.2) is 0 Å². The highest BCUT2D eigenvalue weighted by Gasteiger charge is 2.68. The van der Waals surface area contributed by atoms with Crippen molar-refractivity contribution in [3.63, 3.8) is 0 Å². The second-order valence-corrected chi connectivity index (χ2v) is 19.6. The van der Waals surface area contributed by atoms with Gasteiger partial charge in [-0.3, -0.25) is 24.0 Å². The highest BCUT2D eigenvalue weighted by molar-refractivity contribution is 6.47. The maximum atomic E-state index is 13.8. The topological polar surface area (TPSA) is 226 Å². The number of carbonyl (C=O) groups excluding carboxylic acids is 5. The smallest absolute Gasteiger partial charge is 0.405 e. The molecule has 9 N–H and O–H groups in total. The number of aliphatic hydroxyl groups excluding tert-OH is 1. The number of anilines is 1. The lowest BCUT2D eigenvalue weighted by Gasteiger charge is -2.64. The van der Waals surface area contributed by atoms with Crippen molar-refractivity contribution in [1.82, 2.24) is 10.6 Å². The summed E-state index contributed by atoms with van der Waals surface area (Å²) in [5.74, 6) is -3.22. The largest absolute Gasteiger partial charge is 0.461 e. The summed E-state index contributed by atoms with van der Waals surface area (Å²) in [6.07, 6.45) is 5.46. The van der Waals surface area contributed by atoms with Gasteiger partial charge in [-0.2, -0.15) is 0 Å². The average Bonchev–Trinajstić information content (AvgIpc) is 3.61. The Labute approximate surface area is 375 Å². The summed E-state index contributed by atoms with van der Waals surface area (Å²) in [6.45, 7) is 14.3. The van der Waals surface area contributed by atoms with Gasteiger partial charge in [0.2, 0.25) is 11.8 Å². The Bertz CT molecular complexity index is 1920. The minimum atomic E-state index is -1.35. The van der Waals surface area contributed by atoms with Crippen LogP contribution in [0.1, 0.15) is 135 Å². The van der Waals surface area contributed by atoms with Crippen LogP contribution in [0.4, 0.5) is 5.69 Å². The Morgan fingerprint density at radius 3 is 2.16 bits per heavy atom. The number of unbranched alkanes of at least 4 members (excludes halogenated alkanes) is 2. The van der Waals surface area contributed by atoms with E-state index < -0.39 is 60.3 Å². The monoisotopic (exact) mass is 872 g/mol. The van der Waals surface area contributed by atoms with Crippen molar-refractivity contribution in [2.75, 3.05) is 18.8 Å². The fourth-order valence-corrected chi connectivity index (χ4v) is 10.2. The predicted molar refractivity (Wildman–Crippen MR) is 247 cm³/mol. The highest BCUT2D eigenvalue weighted by atomic mass is 16.7. The summed E-state index contributed by atoms with van der Waals surface area (Å²) in [5.41, 5.74) is 21.5. The van der Waals surface area contributed by atoms with Crippen molar-refractivity contribution in [2.24, 2.45) is 40.6 Å². The quantitative estimate of drug-likeness (QED) is 0.0295. The molecule has 0 radical (unpaired) electrons. The molecule has 2 aromatic carbocycles. The Balaban J connectivity index is 1.16. The number of hydrogen-bond acceptors (Lipinski definition) is 11. The van der Waals surface area contributed by atoms with E-state index in [1.165, 1.54) is 12.5 Å². The molecule has 10 atom stereocenters. The molecule has 2 amide bonds. The number of amides is 2. The van der Waals surface area contributed by atoms with Crippen LogP contribution in [0.25, 0.3) is 11.1 Å². The number of Topliss-reactive ketones (excluding diaryl/α,β-unsaturated/α-hetero) is 3. The van der Waals surface area contributed by atoms with E-state index in [0.717, 1.165) is 43.2 Å². The van der Waals surface area contributed by atoms with E-state index in [-0.39, 0.29) is 72.4 Å². The third kappa shape index (κ3) is 11.9. The lowest BCUT2D eigenvalue weighted by Crippen LogP contribution is -2.65. The first-order valence-corrected chi connectivity index (χ1v) is 23.4. The van der Waals surface area contributed by atoms with Crippen LogP contribution in [-0.2, 0) is 34.9 Å². The standard InChI is InChI=1S/C49H74BN5O8/c1-8-9-12-32-14-16-33(17-15-32)34-18-19-37(38(53)25-34)40(57)26-35(20-22-52)47(61)55-45(31(4)56)42(59)23-29(2)46(60)54-39(13-10-11-21-51)41(58)24-30(3)50-62-44-28-36-27-43(48(36,5)6)49(44,7)63-50/h14-19,25,29-31,35-36,39,43-45,56H,8-13,20-24,26-28,51-53H2,1-7H3,(H,54,60)(H,55,61)/t29-,30-,31-,35-,36+,39+,43+,44?,45+,49+/m1/s1. The molecule has 0 aromatic heterocycles. The normalized spacial score (nSPS) is 23.9. The summed E-state index contributed by atoms with van der Waals surface area (Å²) < 4.78 is 13.1. The van der Waals surface area contributed by atoms with Gasteiger partial charge in [0.05, 0.1) is 23.9 Å². The number of nitrogens with one attached hydrogen (secondary N) is 2. The van der Waals surface area contributed by atoms with Crippen molar-refractivity contribution in [3.05, 3.63) is 53.6 Å². The Morgan fingerprint density at radius 1 is 0.841 bits per heavy atom. The number of nitrogen functional groups attached to an aromatic ring is 1. The van der Waals surface area contributed by atoms with E-state index in [1.807, 2.05) is 25.1 Å². The van der Waals surface area contributed by atoms with E-state index >= 15 is 0 Å². The zero-order chi connectivity index (χ0) is 46.2. The molecule has 1 unspecified atom stereocenters. The maximum absolute atomic E-state index is 13.8. The van der Waals surface area contributed by atoms with Crippen molar-refractivity contribution in [1.29, 1.82) is 0 Å². The first kappa shape index (κ1) is 50.1. The van der Waals surface area contributed by atoms with Crippen molar-refractivity contribution < 1.29 is 38.4 Å². The van der Waals surface area contributed by atoms with Gasteiger partial charge in [-0.15, -0.1) is 0 Å². The van der Waals surface area contributed by atoms with E-state index in [0.29, 0.717) is 37.6 Å². The van der Waals surface area contributed by atoms with Crippen LogP contribution >= 0.6 is 0 Å². The van der Waals surface area contributed by atoms with Crippen LogP contribution in [0.2, 0.25) is 5.82 Å². The molecule has 1 saturated heterocycles. The summed E-state index contributed by atoms with van der Waals surface area (Å²) in [7, 11) is -0.528. The molecule has 346 valence electrons. The average molecular weight is 872 g/mol. The van der Waals surface area contributed by atoms with Crippen LogP contribution < -0.4 is 27.8 Å². The molecule has 1 heterocycles. The minimum Gasteiger partial charge on any atom is -0.405 e. The molecule has 63 heavy (non-hydrogen) atoms. The van der Waals surface area contributed by atoms with E-state index in [9.17, 15) is 29.1 Å². The molecule has 2 aromatic rings. The van der Waals surface area contributed by atoms with Gasteiger partial charge in [0, 0.05) is 42.3 Å². The molecule has 2 bridgehead atoms. The van der Waals surface area contributed by atoms with Crippen molar-refractivity contribution in [2.45, 2.75) is 161 Å². The molecular formula is C49H74BN5O8. The second kappa shape index (κ2) is 21.8. The first-order valence-electron chi connectivity index (χ1n) is 23.4. The summed E-state index contributed by atoms with van der Waals surface area (Å²) >= 11 is 0. The molecule has 14 heteroatoms. The van der Waals surface area contributed by atoms with Crippen LogP contribution in [0.5, 0.6) is 0 Å². The van der Waals surface area contributed by atoms with Crippen LogP contribution in [0, 0.1) is 29.1 Å². The number of rotatable bonds is 25. The summed E-state index contributed by atoms with van der Waals surface area (Å²) in [5, 5.41) is 16.2. The minimum absolute atomic E-state index is 0.00792. The lowest BCUT2D eigenvalue weighted by atomic mass is 9.43. The van der Waals surface area contributed by atoms with Gasteiger partial charge in [-0.05, 0) is 130 Å². The SMILES string of the molecule is CCCCc1ccc(-c2ccc(C(=O)C[C@@H](CCN)C(=O)N[C@H](C(=O)C[C@@H](C)C(=O)N[C@@H](CCCCN)C(=O)C[C@@H](C)B3OC4C[C@@H]5C[C@@H](C5(C)C)[C@]4(C)O3)[C@@H](C)O)c(N)c2)cc1. The van der Waals surface area contributed by atoms with E-state index in [1.54, 1.807) is 19.1 Å². The van der Waals surface area contributed by atoms with Crippen molar-refractivity contribution in [3.8, 4) is 11.1 Å². The Hall–Kier alpha value is -3.95. The van der Waals surface area contributed by atoms with Gasteiger partial charge in [0.15, 0.2) is 17.3 Å². The van der Waals surface area contributed by atoms with Crippen LogP contribution in [0.3, 0.4) is 0 Å². The molecule has 1 aliphatic heterocycles. The number of aryl methyl sites for hydroxylation is 1. The van der Waals surface area contributed by atoms with E-state index in [2.05, 4.69) is 50.5 Å². The second-order valence-electron chi connectivity index (χ2n) is 19.6. The Morgan fingerprint density at radius 2 is 1.54 bits per heavy atom. The number of ketones is 3. The fraction of sp³-hybridized carbons (Fsp3) is 0.653. The van der Waals surface area contributed by atoms with Crippen molar-refractivity contribution >= 4 is 42.0 Å². The zero-order valence-corrected chi connectivity index (χ0v) is 38.8. The molecule has 3 saturated carbocycles. The molecule has 6 rings (SSSR count). The van der Waals surface area contributed by atoms with Gasteiger partial charge in [0.25, 0.3) is 0 Å². The molecule has 4 fully saturated rings. The molecule has 0 spiro atoms. The van der Waals surface area contributed by atoms with Crippen LogP contribution in [-0.4, -0.2) is 84.4 Å². The van der Waals surface area contributed by atoms with Crippen LogP contribution in [0.15, 0.2) is 42.5 Å². The molecule has 3 aliphatic carbocycles. The fourth-order valence-electron chi connectivity index (χ4n) is 10.2. The number of nitrogens with two attached hydrogens (primary N) is 3. The molecule has 4 aliphatic rings. The van der Waals surface area contributed by atoms with Gasteiger partial charge < -0.3 is 42.2 Å². The molecular weight excluding hydrogens is 797 g/mol. The number of benzene rings is 2. The lowest BCUT2D eigenvalue weighted by molar-refractivity contribution is -0.199. The maximum Gasteiger partial charge on any atom is 0.461 e. The Kier molecular flexibility index (Phi) is 17.3. The number of aliphatic hydroxyl groups is 1. The van der Waals surface area contributed by atoms with Gasteiger partial charge in [-0.1, -0.05) is 71.4 Å². The van der Waals surface area contributed by atoms with Gasteiger partial charge in [0.1, 0.15) is 6.04 Å². The summed E-state index contributed by atoms with van der Waals surface area (Å²) in [6, 6.07) is 11.3. The zero-order valence-electron chi connectivity index (χ0n) is 38.8. The first-order chi connectivity index (χ1) is 29.8. The third-order valence-corrected chi connectivity index (χ3v) is 14.5.